The van der Waals surface area contributed by atoms with Gasteiger partial charge in [0.05, 0.1) is 0 Å². The van der Waals surface area contributed by atoms with E-state index in [9.17, 15) is 14.4 Å². The van der Waals surface area contributed by atoms with E-state index >= 15 is 0 Å². The smallest absolute Gasteiger partial charge is 0.306 e. The third-order valence-corrected chi connectivity index (χ3v) is 15.2. The van der Waals surface area contributed by atoms with Crippen LogP contribution in [0.4, 0.5) is 0 Å². The fourth-order valence-electron chi connectivity index (χ4n) is 10.3. The van der Waals surface area contributed by atoms with Gasteiger partial charge in [0.25, 0.3) is 0 Å². The minimum atomic E-state index is -0.764. The van der Waals surface area contributed by atoms with E-state index in [4.69, 9.17) is 14.2 Å². The Morgan fingerprint density at radius 3 is 0.681 bits per heavy atom. The summed E-state index contributed by atoms with van der Waals surface area (Å²) in [7, 11) is 0. The summed E-state index contributed by atoms with van der Waals surface area (Å²) in [6.07, 6.45) is 65.3. The Kier molecular flexibility index (Phi) is 57.4. The lowest BCUT2D eigenvalue weighted by atomic mass is 10.0. The molecule has 0 aromatic carbocycles. The van der Waals surface area contributed by atoms with Gasteiger partial charge in [0.1, 0.15) is 13.2 Å². The van der Waals surface area contributed by atoms with E-state index in [0.29, 0.717) is 19.3 Å². The van der Waals surface area contributed by atoms with Gasteiger partial charge in [-0.15, -0.1) is 0 Å². The van der Waals surface area contributed by atoms with E-state index in [2.05, 4.69) is 34.6 Å². The molecule has 0 spiro atoms. The zero-order valence-electron chi connectivity index (χ0n) is 49.6. The van der Waals surface area contributed by atoms with E-state index in [0.717, 1.165) is 69.6 Å². The molecular formula is C66H128O6. The fourth-order valence-corrected chi connectivity index (χ4v) is 10.3. The van der Waals surface area contributed by atoms with Crippen molar-refractivity contribution in [3.8, 4) is 0 Å². The van der Waals surface area contributed by atoms with Gasteiger partial charge in [-0.05, 0) is 31.1 Å². The van der Waals surface area contributed by atoms with Crippen molar-refractivity contribution in [2.45, 2.75) is 381 Å². The van der Waals surface area contributed by atoms with Crippen molar-refractivity contribution in [1.29, 1.82) is 0 Å². The molecule has 0 fully saturated rings. The number of carbonyl (C=O) groups excluding carboxylic acids is 3. The fraction of sp³-hybridized carbons (Fsp3) is 0.955. The minimum absolute atomic E-state index is 0.0616. The molecule has 0 heterocycles. The molecule has 6 nitrogen and oxygen atoms in total. The predicted molar refractivity (Wildman–Crippen MR) is 312 cm³/mol. The van der Waals surface area contributed by atoms with Crippen LogP contribution in [0.1, 0.15) is 375 Å². The summed E-state index contributed by atoms with van der Waals surface area (Å²) in [5, 5.41) is 0. The summed E-state index contributed by atoms with van der Waals surface area (Å²) in [5.41, 5.74) is 0. The first-order valence-corrected chi connectivity index (χ1v) is 32.7. The third-order valence-electron chi connectivity index (χ3n) is 15.2. The molecule has 6 heteroatoms. The van der Waals surface area contributed by atoms with Crippen molar-refractivity contribution in [2.24, 2.45) is 11.8 Å². The molecule has 0 aromatic heterocycles. The second-order valence-corrected chi connectivity index (χ2v) is 23.7. The Balaban J connectivity index is 4.26. The van der Waals surface area contributed by atoms with Crippen LogP contribution in [-0.2, 0) is 28.6 Å². The lowest BCUT2D eigenvalue weighted by molar-refractivity contribution is -0.167. The van der Waals surface area contributed by atoms with Crippen LogP contribution in [0.2, 0.25) is 0 Å². The SMILES string of the molecule is CCCCCCCCCCCCCCCCC(=O)OC[C@H](COC(=O)CCCCCCCCCCCCCCCCCCC(C)C)OC(=O)CCCCCCCCCCCCCCCCCCCCC(C)C. The van der Waals surface area contributed by atoms with Crippen LogP contribution in [0.3, 0.4) is 0 Å². The highest BCUT2D eigenvalue weighted by atomic mass is 16.6. The topological polar surface area (TPSA) is 78.9 Å². The van der Waals surface area contributed by atoms with Gasteiger partial charge in [-0.25, -0.2) is 0 Å². The standard InChI is InChI=1S/C66H128O6/c1-6-7-8-9-10-11-12-13-26-31-36-41-46-51-56-64(67)70-59-63(60-71-65(68)57-52-47-42-37-32-27-22-19-18-21-25-30-35-40-45-50-55-62(4)5)72-66(69)58-53-48-43-38-33-28-23-17-15-14-16-20-24-29-34-39-44-49-54-61(2)3/h61-63H,6-60H2,1-5H3/t63-/m1/s1. The predicted octanol–water partition coefficient (Wildman–Crippen LogP) is 22.0. The number of unbranched alkanes of at least 4 members (excludes halogenated alkanes) is 45. The molecular weight excluding hydrogens is 889 g/mol. The Labute approximate surface area is 450 Å². The number of ether oxygens (including phenoxy) is 3. The van der Waals surface area contributed by atoms with Crippen molar-refractivity contribution in [3.05, 3.63) is 0 Å². The number of hydrogen-bond acceptors (Lipinski definition) is 6. The summed E-state index contributed by atoms with van der Waals surface area (Å²) in [6, 6.07) is 0. The summed E-state index contributed by atoms with van der Waals surface area (Å²) in [6.45, 7) is 11.5. The molecule has 0 aliphatic heterocycles. The average Bonchev–Trinajstić information content (AvgIpc) is 3.36. The zero-order chi connectivity index (χ0) is 52.5. The first kappa shape index (κ1) is 70.4. The monoisotopic (exact) mass is 1020 g/mol. The van der Waals surface area contributed by atoms with Crippen LogP contribution in [-0.4, -0.2) is 37.2 Å². The zero-order valence-corrected chi connectivity index (χ0v) is 49.6. The molecule has 72 heavy (non-hydrogen) atoms. The van der Waals surface area contributed by atoms with E-state index in [1.807, 2.05) is 0 Å². The van der Waals surface area contributed by atoms with E-state index in [-0.39, 0.29) is 31.1 Å². The summed E-state index contributed by atoms with van der Waals surface area (Å²) >= 11 is 0. The second kappa shape index (κ2) is 58.7. The summed E-state index contributed by atoms with van der Waals surface area (Å²) < 4.78 is 17.0. The lowest BCUT2D eigenvalue weighted by Gasteiger charge is -2.18. The molecule has 0 bridgehead atoms. The quantitative estimate of drug-likeness (QED) is 0.0343. The maximum absolute atomic E-state index is 12.9. The van der Waals surface area contributed by atoms with Gasteiger partial charge in [-0.1, -0.05) is 336 Å². The van der Waals surface area contributed by atoms with Gasteiger partial charge >= 0.3 is 17.9 Å². The van der Waals surface area contributed by atoms with Crippen molar-refractivity contribution in [2.75, 3.05) is 13.2 Å². The molecule has 0 unspecified atom stereocenters. The molecule has 0 aliphatic rings. The van der Waals surface area contributed by atoms with Crippen LogP contribution in [0.25, 0.3) is 0 Å². The molecule has 0 N–H and O–H groups in total. The van der Waals surface area contributed by atoms with Crippen molar-refractivity contribution >= 4 is 17.9 Å². The largest absolute Gasteiger partial charge is 0.462 e. The second-order valence-electron chi connectivity index (χ2n) is 23.7. The van der Waals surface area contributed by atoms with Gasteiger partial charge in [-0.3, -0.25) is 14.4 Å². The highest BCUT2D eigenvalue weighted by Gasteiger charge is 2.19. The number of carbonyl (C=O) groups is 3. The highest BCUT2D eigenvalue weighted by Crippen LogP contribution is 2.19. The van der Waals surface area contributed by atoms with Crippen molar-refractivity contribution in [3.63, 3.8) is 0 Å². The Bertz CT molecular complexity index is 1100. The Morgan fingerprint density at radius 1 is 0.264 bits per heavy atom. The average molecular weight is 1020 g/mol. The number of rotatable bonds is 60. The lowest BCUT2D eigenvalue weighted by Crippen LogP contribution is -2.30. The van der Waals surface area contributed by atoms with Gasteiger partial charge in [0.15, 0.2) is 6.10 Å². The molecule has 0 aromatic rings. The third kappa shape index (κ3) is 59.3. The van der Waals surface area contributed by atoms with Gasteiger partial charge in [-0.2, -0.15) is 0 Å². The first-order chi connectivity index (χ1) is 35.2. The molecule has 0 amide bonds. The van der Waals surface area contributed by atoms with E-state index in [1.54, 1.807) is 0 Å². The normalized spacial score (nSPS) is 12.0. The Hall–Kier alpha value is -1.59. The molecule has 0 saturated carbocycles. The van der Waals surface area contributed by atoms with Crippen molar-refractivity contribution < 1.29 is 28.6 Å². The van der Waals surface area contributed by atoms with Crippen LogP contribution in [0.5, 0.6) is 0 Å². The molecule has 428 valence electrons. The molecule has 1 atom stereocenters. The van der Waals surface area contributed by atoms with E-state index in [1.165, 1.54) is 263 Å². The highest BCUT2D eigenvalue weighted by molar-refractivity contribution is 5.71. The molecule has 0 aliphatic carbocycles. The number of hydrogen-bond donors (Lipinski definition) is 0. The maximum atomic E-state index is 12.9. The molecule has 0 saturated heterocycles. The van der Waals surface area contributed by atoms with Crippen molar-refractivity contribution in [1.82, 2.24) is 0 Å². The van der Waals surface area contributed by atoms with Crippen LogP contribution in [0.15, 0.2) is 0 Å². The maximum Gasteiger partial charge on any atom is 0.306 e. The summed E-state index contributed by atoms with van der Waals surface area (Å²) in [5.74, 6) is 0.882. The van der Waals surface area contributed by atoms with Crippen LogP contribution < -0.4 is 0 Å². The molecule has 0 rings (SSSR count). The van der Waals surface area contributed by atoms with Gasteiger partial charge < -0.3 is 14.2 Å². The summed E-state index contributed by atoms with van der Waals surface area (Å²) in [4.78, 5) is 38.3. The molecule has 0 radical (unpaired) electrons. The van der Waals surface area contributed by atoms with Gasteiger partial charge in [0, 0.05) is 19.3 Å². The van der Waals surface area contributed by atoms with Gasteiger partial charge in [0.2, 0.25) is 0 Å². The first-order valence-electron chi connectivity index (χ1n) is 32.7. The minimum Gasteiger partial charge on any atom is -0.462 e. The van der Waals surface area contributed by atoms with Crippen LogP contribution >= 0.6 is 0 Å². The van der Waals surface area contributed by atoms with E-state index < -0.39 is 6.10 Å². The Morgan fingerprint density at radius 2 is 0.458 bits per heavy atom. The van der Waals surface area contributed by atoms with Crippen LogP contribution in [0, 0.1) is 11.8 Å². The number of esters is 3.